The van der Waals surface area contributed by atoms with Crippen molar-refractivity contribution in [2.45, 2.75) is 18.5 Å². The van der Waals surface area contributed by atoms with Crippen LogP contribution in [0.1, 0.15) is 6.42 Å². The van der Waals surface area contributed by atoms with E-state index in [1.165, 1.54) is 17.8 Å². The highest BCUT2D eigenvalue weighted by Crippen LogP contribution is 2.37. The highest BCUT2D eigenvalue weighted by molar-refractivity contribution is 5.59. The van der Waals surface area contributed by atoms with Gasteiger partial charge in [0, 0.05) is 54.6 Å². The van der Waals surface area contributed by atoms with Crippen molar-refractivity contribution in [3.8, 4) is 0 Å². The third kappa shape index (κ3) is 1.80. The maximum atomic E-state index is 5.77. The Kier molecular flexibility index (Phi) is 2.55. The molecule has 2 aromatic rings. The summed E-state index contributed by atoms with van der Waals surface area (Å²) in [4.78, 5) is 9.13. The number of nitrogen functional groups attached to an aromatic ring is 1. The maximum absolute atomic E-state index is 5.77. The Labute approximate surface area is 118 Å². The molecule has 4 nitrogen and oxygen atoms in total. The summed E-state index contributed by atoms with van der Waals surface area (Å²) in [6.07, 6.45) is 4.99. The minimum atomic E-state index is 0.608. The Hall–Kier alpha value is -2.23. The molecule has 2 aliphatic rings. The number of aromatic nitrogens is 1. The molecule has 2 fully saturated rings. The molecule has 0 saturated carbocycles. The molecule has 0 amide bonds. The molecule has 2 aliphatic heterocycles. The molecule has 0 aliphatic carbocycles. The summed E-state index contributed by atoms with van der Waals surface area (Å²) in [7, 11) is 0. The second-order valence-corrected chi connectivity index (χ2v) is 5.65. The van der Waals surface area contributed by atoms with Gasteiger partial charge in [-0.2, -0.15) is 0 Å². The summed E-state index contributed by atoms with van der Waals surface area (Å²) in [6.45, 7) is 2.19. The third-order valence-corrected chi connectivity index (χ3v) is 4.46. The van der Waals surface area contributed by atoms with E-state index >= 15 is 0 Å². The van der Waals surface area contributed by atoms with Crippen LogP contribution in [0.25, 0.3) is 0 Å². The normalized spacial score (nSPS) is 24.4. The molecule has 2 bridgehead atoms. The van der Waals surface area contributed by atoms with Gasteiger partial charge in [-0.1, -0.05) is 0 Å². The van der Waals surface area contributed by atoms with Crippen molar-refractivity contribution in [2.75, 3.05) is 28.6 Å². The van der Waals surface area contributed by atoms with E-state index in [4.69, 9.17) is 5.73 Å². The van der Waals surface area contributed by atoms with Crippen molar-refractivity contribution >= 4 is 17.1 Å². The standard InChI is InChI=1S/C16H18N4/c17-12-1-3-13(4-2-12)19-10-16-9-15(19)11-20(16)14-5-7-18-8-6-14/h1-8,15-16H,9-11,17H2. The van der Waals surface area contributed by atoms with Gasteiger partial charge in [0.05, 0.1) is 0 Å². The molecule has 2 N–H and O–H groups in total. The van der Waals surface area contributed by atoms with Crippen LogP contribution < -0.4 is 15.5 Å². The Balaban J connectivity index is 1.54. The quantitative estimate of drug-likeness (QED) is 0.846. The lowest BCUT2D eigenvalue weighted by Gasteiger charge is -2.36. The molecule has 2 unspecified atom stereocenters. The van der Waals surface area contributed by atoms with Crippen LogP contribution in [-0.4, -0.2) is 30.2 Å². The van der Waals surface area contributed by atoms with Crippen molar-refractivity contribution in [3.63, 3.8) is 0 Å². The number of anilines is 3. The van der Waals surface area contributed by atoms with Crippen LogP contribution >= 0.6 is 0 Å². The summed E-state index contributed by atoms with van der Waals surface area (Å²) >= 11 is 0. The molecule has 0 spiro atoms. The van der Waals surface area contributed by atoms with Crippen LogP contribution in [0.15, 0.2) is 48.8 Å². The topological polar surface area (TPSA) is 45.4 Å². The van der Waals surface area contributed by atoms with Gasteiger partial charge in [-0.15, -0.1) is 0 Å². The fourth-order valence-corrected chi connectivity index (χ4v) is 3.50. The lowest BCUT2D eigenvalue weighted by Crippen LogP contribution is -2.46. The maximum Gasteiger partial charge on any atom is 0.0486 e. The molecule has 20 heavy (non-hydrogen) atoms. The second-order valence-electron chi connectivity index (χ2n) is 5.65. The number of hydrogen-bond donors (Lipinski definition) is 1. The lowest BCUT2D eigenvalue weighted by atomic mass is 10.2. The van der Waals surface area contributed by atoms with E-state index in [0.717, 1.165) is 18.8 Å². The van der Waals surface area contributed by atoms with Gasteiger partial charge in [-0.05, 0) is 42.8 Å². The summed E-state index contributed by atoms with van der Waals surface area (Å²) < 4.78 is 0. The fourth-order valence-electron chi connectivity index (χ4n) is 3.50. The molecule has 1 aromatic heterocycles. The van der Waals surface area contributed by atoms with Gasteiger partial charge in [0.1, 0.15) is 0 Å². The average Bonchev–Trinajstić information content (AvgIpc) is 3.09. The van der Waals surface area contributed by atoms with Crippen LogP contribution in [0.4, 0.5) is 17.1 Å². The summed E-state index contributed by atoms with van der Waals surface area (Å²) in [5.74, 6) is 0. The van der Waals surface area contributed by atoms with Crippen molar-refractivity contribution in [1.82, 2.24) is 4.98 Å². The molecule has 2 saturated heterocycles. The lowest BCUT2D eigenvalue weighted by molar-refractivity contribution is 0.647. The number of pyridine rings is 1. The zero-order valence-electron chi connectivity index (χ0n) is 11.3. The summed E-state index contributed by atoms with van der Waals surface area (Å²) in [5.41, 5.74) is 9.19. The van der Waals surface area contributed by atoms with Gasteiger partial charge in [0.25, 0.3) is 0 Å². The molecule has 1 aromatic carbocycles. The minimum absolute atomic E-state index is 0.608. The van der Waals surface area contributed by atoms with Crippen LogP contribution in [0.2, 0.25) is 0 Å². The van der Waals surface area contributed by atoms with Crippen molar-refractivity contribution in [3.05, 3.63) is 48.8 Å². The van der Waals surface area contributed by atoms with Gasteiger partial charge in [-0.3, -0.25) is 4.98 Å². The van der Waals surface area contributed by atoms with Gasteiger partial charge in [0.2, 0.25) is 0 Å². The molecule has 4 heteroatoms. The van der Waals surface area contributed by atoms with E-state index in [0.29, 0.717) is 12.1 Å². The second kappa shape index (κ2) is 4.40. The fraction of sp³-hybridized carbons (Fsp3) is 0.312. The summed E-state index contributed by atoms with van der Waals surface area (Å²) in [5, 5.41) is 0. The van der Waals surface area contributed by atoms with Crippen LogP contribution in [-0.2, 0) is 0 Å². The largest absolute Gasteiger partial charge is 0.399 e. The van der Waals surface area contributed by atoms with E-state index < -0.39 is 0 Å². The highest BCUT2D eigenvalue weighted by atomic mass is 15.4. The molecular weight excluding hydrogens is 248 g/mol. The number of rotatable bonds is 2. The molecular formula is C16H18N4. The van der Waals surface area contributed by atoms with Gasteiger partial charge in [0.15, 0.2) is 0 Å². The number of nitrogens with zero attached hydrogens (tertiary/aromatic N) is 3. The van der Waals surface area contributed by atoms with Crippen LogP contribution in [0.3, 0.4) is 0 Å². The first kappa shape index (κ1) is 11.6. The Morgan fingerprint density at radius 3 is 1.95 bits per heavy atom. The van der Waals surface area contributed by atoms with Gasteiger partial charge in [-0.25, -0.2) is 0 Å². The van der Waals surface area contributed by atoms with Crippen LogP contribution in [0.5, 0.6) is 0 Å². The van der Waals surface area contributed by atoms with Gasteiger partial charge >= 0.3 is 0 Å². The van der Waals surface area contributed by atoms with E-state index in [9.17, 15) is 0 Å². The molecule has 0 radical (unpaired) electrons. The molecule has 2 atom stereocenters. The van der Waals surface area contributed by atoms with E-state index in [1.807, 2.05) is 24.5 Å². The smallest absolute Gasteiger partial charge is 0.0486 e. The number of fused-ring (bicyclic) bond motifs is 2. The van der Waals surface area contributed by atoms with E-state index in [2.05, 4.69) is 39.0 Å². The number of hydrogen-bond acceptors (Lipinski definition) is 4. The summed E-state index contributed by atoms with van der Waals surface area (Å²) in [6, 6.07) is 13.7. The zero-order chi connectivity index (χ0) is 13.5. The highest BCUT2D eigenvalue weighted by Gasteiger charge is 2.43. The predicted molar refractivity (Wildman–Crippen MR) is 82.0 cm³/mol. The van der Waals surface area contributed by atoms with E-state index in [1.54, 1.807) is 0 Å². The Morgan fingerprint density at radius 2 is 1.40 bits per heavy atom. The molecule has 4 rings (SSSR count). The van der Waals surface area contributed by atoms with Crippen LogP contribution in [0, 0.1) is 0 Å². The number of benzene rings is 1. The first-order chi connectivity index (χ1) is 9.81. The van der Waals surface area contributed by atoms with Crippen molar-refractivity contribution in [1.29, 1.82) is 0 Å². The average molecular weight is 266 g/mol. The zero-order valence-corrected chi connectivity index (χ0v) is 11.3. The predicted octanol–water partition coefficient (Wildman–Crippen LogP) is 2.13. The number of piperazine rings is 1. The van der Waals surface area contributed by atoms with Gasteiger partial charge < -0.3 is 15.5 Å². The third-order valence-electron chi connectivity index (χ3n) is 4.46. The Bertz CT molecular complexity index is 596. The monoisotopic (exact) mass is 266 g/mol. The molecule has 3 heterocycles. The number of nitrogens with two attached hydrogens (primary N) is 1. The van der Waals surface area contributed by atoms with Crippen molar-refractivity contribution < 1.29 is 0 Å². The first-order valence-corrected chi connectivity index (χ1v) is 7.10. The molecule has 102 valence electrons. The first-order valence-electron chi connectivity index (χ1n) is 7.10. The van der Waals surface area contributed by atoms with Crippen molar-refractivity contribution in [2.24, 2.45) is 0 Å². The van der Waals surface area contributed by atoms with E-state index in [-0.39, 0.29) is 0 Å². The minimum Gasteiger partial charge on any atom is -0.399 e. The Morgan fingerprint density at radius 1 is 0.850 bits per heavy atom. The SMILES string of the molecule is Nc1ccc(N2CC3CC2CN3c2ccncc2)cc1.